The number of rotatable bonds is 5. The first-order valence-corrected chi connectivity index (χ1v) is 8.72. The van der Waals surface area contributed by atoms with Crippen molar-refractivity contribution < 1.29 is 14.3 Å². The predicted octanol–water partition coefficient (Wildman–Crippen LogP) is 3.59. The van der Waals surface area contributed by atoms with E-state index in [4.69, 9.17) is 9.47 Å². The summed E-state index contributed by atoms with van der Waals surface area (Å²) in [5.41, 5.74) is 1.50. The summed E-state index contributed by atoms with van der Waals surface area (Å²) in [4.78, 5) is 14.1. The first-order chi connectivity index (χ1) is 11.7. The number of piperidine rings is 1. The van der Waals surface area contributed by atoms with Crippen LogP contribution in [0.15, 0.2) is 42.5 Å². The van der Waals surface area contributed by atoms with Crippen LogP contribution in [0.1, 0.15) is 18.9 Å². The number of nitrogens with zero attached hydrogens (tertiary/aromatic N) is 1. The molecule has 0 N–H and O–H groups in total. The molecule has 2 fully saturated rings. The number of benzene rings is 2. The van der Waals surface area contributed by atoms with Crippen molar-refractivity contribution in [2.24, 2.45) is 5.92 Å². The van der Waals surface area contributed by atoms with Crippen molar-refractivity contribution >= 4 is 16.9 Å². The Morgan fingerprint density at radius 1 is 1.21 bits per heavy atom. The van der Waals surface area contributed by atoms with Crippen LogP contribution in [0, 0.1) is 5.92 Å². The fourth-order valence-corrected chi connectivity index (χ4v) is 3.99. The highest BCUT2D eigenvalue weighted by Gasteiger charge is 2.61. The Kier molecular flexibility index (Phi) is 3.93. The zero-order valence-electron chi connectivity index (χ0n) is 14.0. The Morgan fingerprint density at radius 3 is 2.88 bits per heavy atom. The van der Waals surface area contributed by atoms with Gasteiger partial charge in [0.15, 0.2) is 0 Å². The topological polar surface area (TPSA) is 38.8 Å². The molecular formula is C20H23NO3. The van der Waals surface area contributed by atoms with Crippen LogP contribution in [-0.2, 0) is 14.9 Å². The van der Waals surface area contributed by atoms with Crippen molar-refractivity contribution in [3.63, 3.8) is 0 Å². The lowest BCUT2D eigenvalue weighted by Crippen LogP contribution is -2.34. The van der Waals surface area contributed by atoms with E-state index in [2.05, 4.69) is 42.5 Å². The molecule has 0 unspecified atom stereocenters. The van der Waals surface area contributed by atoms with Crippen LogP contribution in [0.5, 0.6) is 0 Å². The van der Waals surface area contributed by atoms with E-state index in [1.807, 2.05) is 11.8 Å². The molecule has 4 heteroatoms. The molecule has 2 aromatic rings. The molecular weight excluding hydrogens is 302 g/mol. The van der Waals surface area contributed by atoms with Crippen molar-refractivity contribution in [1.29, 1.82) is 0 Å². The summed E-state index contributed by atoms with van der Waals surface area (Å²) < 4.78 is 10.5. The quantitative estimate of drug-likeness (QED) is 0.789. The van der Waals surface area contributed by atoms with E-state index in [-0.39, 0.29) is 11.5 Å². The largest absolute Gasteiger partial charge is 0.447 e. The van der Waals surface area contributed by atoms with Crippen LogP contribution < -0.4 is 0 Å². The molecule has 4 rings (SSSR count). The van der Waals surface area contributed by atoms with E-state index in [9.17, 15) is 4.79 Å². The molecule has 0 bridgehead atoms. The number of carbonyl (C=O) groups is 1. The number of fused-ring (bicyclic) bond motifs is 2. The normalized spacial score (nSPS) is 24.9. The molecule has 1 saturated heterocycles. The summed E-state index contributed by atoms with van der Waals surface area (Å²) >= 11 is 0. The standard InChI is InChI=1S/C20H23NO3/c1-2-23-9-10-24-19(22)21-13-18-12-20(18,14-21)17-8-7-15-5-3-4-6-16(15)11-17/h3-8,11,18H,2,9-10,12-14H2,1H3/t18-,20+/m1/s1. The van der Waals surface area contributed by atoms with E-state index in [1.54, 1.807) is 0 Å². The van der Waals surface area contributed by atoms with Gasteiger partial charge in [0.05, 0.1) is 6.61 Å². The lowest BCUT2D eigenvalue weighted by atomic mass is 9.93. The number of hydrogen-bond donors (Lipinski definition) is 0. The molecule has 2 aromatic carbocycles. The number of hydrogen-bond acceptors (Lipinski definition) is 3. The lowest BCUT2D eigenvalue weighted by molar-refractivity contribution is 0.0607. The average molecular weight is 325 g/mol. The van der Waals surface area contributed by atoms with Crippen molar-refractivity contribution in [3.8, 4) is 0 Å². The van der Waals surface area contributed by atoms with Gasteiger partial charge < -0.3 is 14.4 Å². The summed E-state index contributed by atoms with van der Waals surface area (Å²) in [5, 5.41) is 2.54. The third kappa shape index (κ3) is 2.65. The van der Waals surface area contributed by atoms with Crippen LogP contribution in [0.4, 0.5) is 4.79 Å². The van der Waals surface area contributed by atoms with E-state index in [0.717, 1.165) is 13.1 Å². The SMILES string of the molecule is CCOCCOC(=O)N1C[C@H]2C[C@@]2(c2ccc3ccccc3c2)C1. The maximum Gasteiger partial charge on any atom is 0.409 e. The molecule has 1 aliphatic heterocycles. The summed E-state index contributed by atoms with van der Waals surface area (Å²) in [5.74, 6) is 0.568. The number of likely N-dealkylation sites (tertiary alicyclic amines) is 1. The second kappa shape index (κ2) is 6.10. The summed E-state index contributed by atoms with van der Waals surface area (Å²) in [6.07, 6.45) is 0.968. The number of ether oxygens (including phenoxy) is 2. The molecule has 1 heterocycles. The van der Waals surface area contributed by atoms with Gasteiger partial charge in [0.1, 0.15) is 6.61 Å². The minimum atomic E-state index is -0.206. The Morgan fingerprint density at radius 2 is 2.04 bits per heavy atom. The Labute approximate surface area is 142 Å². The maximum atomic E-state index is 12.2. The zero-order chi connectivity index (χ0) is 16.6. The number of carbonyl (C=O) groups excluding carboxylic acids is 1. The van der Waals surface area contributed by atoms with Gasteiger partial charge in [-0.2, -0.15) is 0 Å². The van der Waals surface area contributed by atoms with Gasteiger partial charge in [-0.25, -0.2) is 4.79 Å². The molecule has 126 valence electrons. The first-order valence-electron chi connectivity index (χ1n) is 8.72. The van der Waals surface area contributed by atoms with Gasteiger partial charge in [-0.1, -0.05) is 42.5 Å². The Bertz CT molecular complexity index is 759. The Hall–Kier alpha value is -2.07. The van der Waals surface area contributed by atoms with Crippen molar-refractivity contribution in [3.05, 3.63) is 48.0 Å². The second-order valence-electron chi connectivity index (χ2n) is 6.81. The van der Waals surface area contributed by atoms with Gasteiger partial charge in [0.25, 0.3) is 0 Å². The van der Waals surface area contributed by atoms with Gasteiger partial charge in [-0.3, -0.25) is 0 Å². The predicted molar refractivity (Wildman–Crippen MR) is 93.1 cm³/mol. The van der Waals surface area contributed by atoms with E-state index >= 15 is 0 Å². The highest BCUT2D eigenvalue weighted by Crippen LogP contribution is 2.59. The molecule has 24 heavy (non-hydrogen) atoms. The molecule has 0 radical (unpaired) electrons. The maximum absolute atomic E-state index is 12.2. The summed E-state index contributed by atoms with van der Waals surface area (Å²) in [6.45, 7) is 4.95. The molecule has 4 nitrogen and oxygen atoms in total. The van der Waals surface area contributed by atoms with Crippen molar-refractivity contribution in [2.75, 3.05) is 32.9 Å². The molecule has 2 aliphatic rings. The van der Waals surface area contributed by atoms with Gasteiger partial charge in [0, 0.05) is 25.1 Å². The zero-order valence-corrected chi connectivity index (χ0v) is 14.0. The van der Waals surface area contributed by atoms with Gasteiger partial charge in [-0.15, -0.1) is 0 Å². The van der Waals surface area contributed by atoms with Crippen molar-refractivity contribution in [1.82, 2.24) is 4.90 Å². The second-order valence-corrected chi connectivity index (χ2v) is 6.81. The minimum Gasteiger partial charge on any atom is -0.447 e. The minimum absolute atomic E-state index is 0.142. The van der Waals surface area contributed by atoms with E-state index in [1.165, 1.54) is 22.8 Å². The lowest BCUT2D eigenvalue weighted by Gasteiger charge is -2.21. The first kappa shape index (κ1) is 15.5. The average Bonchev–Trinajstić information content (AvgIpc) is 3.19. The van der Waals surface area contributed by atoms with Crippen molar-refractivity contribution in [2.45, 2.75) is 18.8 Å². The van der Waals surface area contributed by atoms with Crippen LogP contribution in [-0.4, -0.2) is 43.9 Å². The fourth-order valence-electron chi connectivity index (χ4n) is 3.99. The van der Waals surface area contributed by atoms with Gasteiger partial charge in [-0.05, 0) is 35.6 Å². The highest BCUT2D eigenvalue weighted by atomic mass is 16.6. The van der Waals surface area contributed by atoms with Crippen LogP contribution >= 0.6 is 0 Å². The van der Waals surface area contributed by atoms with Crippen LogP contribution in [0.3, 0.4) is 0 Å². The van der Waals surface area contributed by atoms with Crippen LogP contribution in [0.2, 0.25) is 0 Å². The molecule has 2 atom stereocenters. The smallest absolute Gasteiger partial charge is 0.409 e. The fraction of sp³-hybridized carbons (Fsp3) is 0.450. The third-order valence-electron chi connectivity index (χ3n) is 5.39. The summed E-state index contributed by atoms with van der Waals surface area (Å²) in [7, 11) is 0. The molecule has 0 spiro atoms. The van der Waals surface area contributed by atoms with E-state index < -0.39 is 0 Å². The van der Waals surface area contributed by atoms with Gasteiger partial charge in [0.2, 0.25) is 0 Å². The number of amides is 1. The molecule has 1 saturated carbocycles. The molecule has 1 amide bonds. The molecule has 1 aliphatic carbocycles. The third-order valence-corrected chi connectivity index (χ3v) is 5.39. The highest BCUT2D eigenvalue weighted by molar-refractivity contribution is 5.83. The van der Waals surface area contributed by atoms with E-state index in [0.29, 0.717) is 25.7 Å². The Balaban J connectivity index is 1.44. The summed E-state index contributed by atoms with van der Waals surface area (Å²) in [6, 6.07) is 15.1. The van der Waals surface area contributed by atoms with Crippen LogP contribution in [0.25, 0.3) is 10.8 Å². The molecule has 0 aromatic heterocycles. The monoisotopic (exact) mass is 325 g/mol. The van der Waals surface area contributed by atoms with Gasteiger partial charge >= 0.3 is 6.09 Å².